The molecule has 3 rings (SSSR count). The number of H-pyrrole nitrogens is 1. The molecule has 2 heterocycles. The second kappa shape index (κ2) is 10.0. The van der Waals surface area contributed by atoms with Gasteiger partial charge in [-0.2, -0.15) is 9.40 Å². The number of fused-ring (bicyclic) bond motifs is 1. The predicted octanol–water partition coefficient (Wildman–Crippen LogP) is 1.86. The van der Waals surface area contributed by atoms with E-state index in [-0.39, 0.29) is 16.3 Å². The molecule has 3 aromatic rings. The van der Waals surface area contributed by atoms with Crippen LogP contribution in [-0.4, -0.2) is 78.2 Å². The lowest BCUT2D eigenvalue weighted by atomic mass is 10.1. The number of aryl methyl sites for hydroxylation is 2. The van der Waals surface area contributed by atoms with Crippen molar-refractivity contribution in [2.45, 2.75) is 31.6 Å². The topological polar surface area (TPSA) is 113 Å². The first-order chi connectivity index (χ1) is 15.6. The fraction of sp³-hybridized carbons (Fsp3) is 0.500. The van der Waals surface area contributed by atoms with Crippen molar-refractivity contribution in [1.82, 2.24) is 29.0 Å². The molecular weight excluding hydrogens is 444 g/mol. The maximum atomic E-state index is 13.2. The average molecular weight is 477 g/mol. The molecule has 10 nitrogen and oxygen atoms in total. The van der Waals surface area contributed by atoms with Gasteiger partial charge in [-0.25, -0.2) is 13.4 Å². The Morgan fingerprint density at radius 1 is 1.15 bits per heavy atom. The first-order valence-corrected chi connectivity index (χ1v) is 12.4. The van der Waals surface area contributed by atoms with Crippen LogP contribution in [-0.2, 0) is 23.5 Å². The Hall–Kier alpha value is -2.76. The van der Waals surface area contributed by atoms with E-state index in [0.717, 1.165) is 12.1 Å². The van der Waals surface area contributed by atoms with Crippen molar-refractivity contribution in [3.8, 4) is 17.1 Å². The fourth-order valence-corrected chi connectivity index (χ4v) is 4.75. The van der Waals surface area contributed by atoms with Crippen molar-refractivity contribution in [3.05, 3.63) is 34.2 Å². The number of hydrogen-bond donors (Lipinski definition) is 1. The molecule has 2 aromatic heterocycles. The van der Waals surface area contributed by atoms with Crippen molar-refractivity contribution in [2.75, 3.05) is 40.8 Å². The summed E-state index contributed by atoms with van der Waals surface area (Å²) in [6.45, 7) is 5.18. The highest BCUT2D eigenvalue weighted by Gasteiger charge is 2.24. The molecule has 0 bridgehead atoms. The molecule has 0 atom stereocenters. The molecule has 0 unspecified atom stereocenters. The molecule has 180 valence electrons. The molecule has 0 radical (unpaired) electrons. The van der Waals surface area contributed by atoms with Gasteiger partial charge in [0.25, 0.3) is 5.56 Å². The quantitative estimate of drug-likeness (QED) is 0.475. The van der Waals surface area contributed by atoms with Gasteiger partial charge in [-0.15, -0.1) is 0 Å². The molecule has 0 aliphatic carbocycles. The molecule has 0 fully saturated rings. The van der Waals surface area contributed by atoms with Gasteiger partial charge in [-0.1, -0.05) is 13.3 Å². The number of ether oxygens (including phenoxy) is 1. The number of sulfonamides is 1. The first kappa shape index (κ1) is 24.9. The van der Waals surface area contributed by atoms with Gasteiger partial charge in [0.15, 0.2) is 5.52 Å². The number of nitrogens with one attached hydrogen (secondary N) is 1. The SMILES string of the molecule is CCCc1nn(C)c2c(=O)[nH]c(-c3cc(S(=O)(=O)N(C)CCN(C)C)ccc3OCC)nc12. The Kier molecular flexibility index (Phi) is 7.55. The summed E-state index contributed by atoms with van der Waals surface area (Å²) >= 11 is 0. The minimum atomic E-state index is -3.75. The normalized spacial score (nSPS) is 12.2. The molecule has 0 spiro atoms. The summed E-state index contributed by atoms with van der Waals surface area (Å²) in [5, 5.41) is 4.44. The largest absolute Gasteiger partial charge is 0.493 e. The van der Waals surface area contributed by atoms with Crippen LogP contribution in [0.5, 0.6) is 5.75 Å². The van der Waals surface area contributed by atoms with E-state index in [9.17, 15) is 13.2 Å². The van der Waals surface area contributed by atoms with Gasteiger partial charge in [0.05, 0.1) is 22.8 Å². The zero-order chi connectivity index (χ0) is 24.3. The van der Waals surface area contributed by atoms with E-state index in [0.29, 0.717) is 48.5 Å². The van der Waals surface area contributed by atoms with Crippen molar-refractivity contribution >= 4 is 21.1 Å². The van der Waals surface area contributed by atoms with Gasteiger partial charge >= 0.3 is 0 Å². The lowest BCUT2D eigenvalue weighted by Gasteiger charge is -2.20. The number of aromatic nitrogens is 4. The third-order valence-corrected chi connectivity index (χ3v) is 7.18. The number of benzene rings is 1. The number of likely N-dealkylation sites (N-methyl/N-ethyl adjacent to an activating group) is 2. The third kappa shape index (κ3) is 5.10. The Labute approximate surface area is 194 Å². The van der Waals surface area contributed by atoms with Crippen molar-refractivity contribution in [2.24, 2.45) is 7.05 Å². The Balaban J connectivity index is 2.16. The van der Waals surface area contributed by atoms with E-state index in [1.165, 1.54) is 21.1 Å². The smallest absolute Gasteiger partial charge is 0.277 e. The van der Waals surface area contributed by atoms with Crippen molar-refractivity contribution in [1.29, 1.82) is 0 Å². The van der Waals surface area contributed by atoms with Crippen LogP contribution in [0, 0.1) is 0 Å². The molecule has 33 heavy (non-hydrogen) atoms. The van der Waals surface area contributed by atoms with E-state index in [1.807, 2.05) is 32.8 Å². The molecule has 0 saturated carbocycles. The van der Waals surface area contributed by atoms with Crippen LogP contribution in [0.2, 0.25) is 0 Å². The van der Waals surface area contributed by atoms with Crippen LogP contribution in [0.4, 0.5) is 0 Å². The van der Waals surface area contributed by atoms with Crippen molar-refractivity contribution in [3.63, 3.8) is 0 Å². The summed E-state index contributed by atoms with van der Waals surface area (Å²) in [5.41, 5.74) is 1.69. The predicted molar refractivity (Wildman–Crippen MR) is 128 cm³/mol. The molecular formula is C22H32N6O4S. The second-order valence-electron chi connectivity index (χ2n) is 8.15. The van der Waals surface area contributed by atoms with Gasteiger partial charge < -0.3 is 14.6 Å². The maximum absolute atomic E-state index is 13.2. The average Bonchev–Trinajstić information content (AvgIpc) is 3.08. The van der Waals surface area contributed by atoms with Gasteiger partial charge in [-0.3, -0.25) is 9.48 Å². The summed E-state index contributed by atoms with van der Waals surface area (Å²) in [6, 6.07) is 4.62. The molecule has 11 heteroatoms. The summed E-state index contributed by atoms with van der Waals surface area (Å²) in [5.74, 6) is 0.685. The summed E-state index contributed by atoms with van der Waals surface area (Å²) < 4.78 is 34.9. The molecule has 0 amide bonds. The standard InChI is InChI=1S/C22H32N6O4S/c1-7-9-17-19-20(28(6)25-17)22(29)24-21(23-19)16-14-15(10-11-18(16)32-8-2)33(30,31)27(5)13-12-26(3)4/h10-11,14H,7-9,12-13H2,1-6H3,(H,23,24,29). The molecule has 0 saturated heterocycles. The van der Waals surface area contributed by atoms with E-state index in [2.05, 4.69) is 15.1 Å². The first-order valence-electron chi connectivity index (χ1n) is 10.9. The van der Waals surface area contributed by atoms with Crippen LogP contribution in [0.15, 0.2) is 27.9 Å². The van der Waals surface area contributed by atoms with Gasteiger partial charge in [-0.05, 0) is 45.6 Å². The number of aromatic amines is 1. The minimum absolute atomic E-state index is 0.102. The molecule has 0 aliphatic heterocycles. The summed E-state index contributed by atoms with van der Waals surface area (Å²) in [7, 11) is 3.29. The van der Waals surface area contributed by atoms with E-state index < -0.39 is 10.0 Å². The zero-order valence-corrected chi connectivity index (χ0v) is 20.9. The lowest BCUT2D eigenvalue weighted by Crippen LogP contribution is -2.33. The van der Waals surface area contributed by atoms with E-state index >= 15 is 0 Å². The second-order valence-corrected chi connectivity index (χ2v) is 10.2. The fourth-order valence-electron chi connectivity index (χ4n) is 3.56. The number of hydrogen-bond acceptors (Lipinski definition) is 7. The van der Waals surface area contributed by atoms with Crippen LogP contribution in [0.3, 0.4) is 0 Å². The Bertz CT molecular complexity index is 1300. The molecule has 0 aliphatic rings. The lowest BCUT2D eigenvalue weighted by molar-refractivity contribution is 0.341. The maximum Gasteiger partial charge on any atom is 0.277 e. The van der Waals surface area contributed by atoms with Crippen LogP contribution in [0.1, 0.15) is 26.0 Å². The minimum Gasteiger partial charge on any atom is -0.493 e. The van der Waals surface area contributed by atoms with Crippen LogP contribution >= 0.6 is 0 Å². The molecule has 1 aromatic carbocycles. The van der Waals surface area contributed by atoms with Crippen molar-refractivity contribution < 1.29 is 13.2 Å². The third-order valence-electron chi connectivity index (χ3n) is 5.33. The van der Waals surface area contributed by atoms with Gasteiger partial charge in [0.2, 0.25) is 10.0 Å². The Morgan fingerprint density at radius 2 is 1.88 bits per heavy atom. The molecule has 1 N–H and O–H groups in total. The Morgan fingerprint density at radius 3 is 2.52 bits per heavy atom. The van der Waals surface area contributed by atoms with Gasteiger partial charge in [0, 0.05) is 27.2 Å². The van der Waals surface area contributed by atoms with Crippen LogP contribution in [0.25, 0.3) is 22.4 Å². The zero-order valence-electron chi connectivity index (χ0n) is 20.0. The van der Waals surface area contributed by atoms with Gasteiger partial charge in [0.1, 0.15) is 17.1 Å². The summed E-state index contributed by atoms with van der Waals surface area (Å²) in [6.07, 6.45) is 1.53. The monoisotopic (exact) mass is 476 g/mol. The number of nitrogens with zero attached hydrogens (tertiary/aromatic N) is 5. The van der Waals surface area contributed by atoms with Crippen LogP contribution < -0.4 is 10.3 Å². The van der Waals surface area contributed by atoms with E-state index in [1.54, 1.807) is 20.2 Å². The summed E-state index contributed by atoms with van der Waals surface area (Å²) in [4.78, 5) is 22.4. The highest BCUT2D eigenvalue weighted by Crippen LogP contribution is 2.32. The number of rotatable bonds is 10. The highest BCUT2D eigenvalue weighted by atomic mass is 32.2. The van der Waals surface area contributed by atoms with E-state index in [4.69, 9.17) is 4.74 Å². The highest BCUT2D eigenvalue weighted by molar-refractivity contribution is 7.89.